The monoisotopic (exact) mass is 303 g/mol. The van der Waals surface area contributed by atoms with Crippen LogP contribution in [0.2, 0.25) is 5.02 Å². The Morgan fingerprint density at radius 3 is 2.90 bits per heavy atom. The Labute approximate surface area is 125 Å². The molecule has 21 heavy (non-hydrogen) atoms. The molecule has 5 nitrogen and oxygen atoms in total. The van der Waals surface area contributed by atoms with Crippen LogP contribution in [0.5, 0.6) is 0 Å². The maximum Gasteiger partial charge on any atom is 0.269 e. The lowest BCUT2D eigenvalue weighted by atomic mass is 9.97. The lowest BCUT2D eigenvalue weighted by molar-refractivity contribution is 0.588. The fourth-order valence-corrected chi connectivity index (χ4v) is 2.84. The van der Waals surface area contributed by atoms with E-state index in [1.165, 1.54) is 16.9 Å². The minimum Gasteiger partial charge on any atom is -0.247 e. The molecular weight excluding hydrogens is 293 g/mol. The molecule has 2 aromatic heterocycles. The third-order valence-corrected chi connectivity index (χ3v) is 3.86. The van der Waals surface area contributed by atoms with Gasteiger partial charge in [0.1, 0.15) is 11.6 Å². The van der Waals surface area contributed by atoms with Crippen molar-refractivity contribution in [2.75, 3.05) is 0 Å². The molecule has 4 rings (SSSR count). The van der Waals surface area contributed by atoms with Gasteiger partial charge in [0, 0.05) is 12.5 Å². The number of benzene rings is 1. The average molecular weight is 304 g/mol. The van der Waals surface area contributed by atoms with Crippen LogP contribution in [0.4, 0.5) is 4.39 Å². The second kappa shape index (κ2) is 4.66. The van der Waals surface area contributed by atoms with Crippen molar-refractivity contribution < 1.29 is 4.39 Å². The summed E-state index contributed by atoms with van der Waals surface area (Å²) < 4.78 is 17.3. The number of rotatable bonds is 2. The van der Waals surface area contributed by atoms with Crippen LogP contribution in [0.15, 0.2) is 36.7 Å². The molecule has 0 amide bonds. The first kappa shape index (κ1) is 12.5. The highest BCUT2D eigenvalue weighted by Crippen LogP contribution is 2.34. The molecule has 3 aromatic rings. The number of fused-ring (bicyclic) bond motifs is 1. The minimum absolute atomic E-state index is 0.0708. The zero-order chi connectivity index (χ0) is 14.4. The third-order valence-electron chi connectivity index (χ3n) is 3.67. The predicted octanol–water partition coefficient (Wildman–Crippen LogP) is 2.79. The number of nitrogens with zero attached hydrogens (tertiary/aromatic N) is 5. The molecule has 106 valence electrons. The van der Waals surface area contributed by atoms with Gasteiger partial charge in [-0.3, -0.25) is 0 Å². The van der Waals surface area contributed by atoms with E-state index in [1.54, 1.807) is 18.3 Å². The summed E-state index contributed by atoms with van der Waals surface area (Å²) in [4.78, 5) is 4.50. The van der Waals surface area contributed by atoms with Crippen molar-refractivity contribution in [3.63, 3.8) is 0 Å². The summed E-state index contributed by atoms with van der Waals surface area (Å²) in [6.45, 7) is 0.719. The maximum absolute atomic E-state index is 14.0. The van der Waals surface area contributed by atoms with Crippen LogP contribution < -0.4 is 0 Å². The molecule has 1 atom stereocenters. The first-order valence-electron chi connectivity index (χ1n) is 6.62. The second-order valence-corrected chi connectivity index (χ2v) is 5.40. The Morgan fingerprint density at radius 1 is 1.29 bits per heavy atom. The van der Waals surface area contributed by atoms with Crippen LogP contribution in [0.1, 0.15) is 23.7 Å². The minimum atomic E-state index is -0.206. The molecule has 1 aliphatic heterocycles. The van der Waals surface area contributed by atoms with Crippen LogP contribution in [0, 0.1) is 5.82 Å². The van der Waals surface area contributed by atoms with Gasteiger partial charge in [-0.15, -0.1) is 5.10 Å². The number of hydrogen-bond acceptors (Lipinski definition) is 3. The first-order chi connectivity index (χ1) is 10.2. The van der Waals surface area contributed by atoms with E-state index in [0.717, 1.165) is 18.8 Å². The van der Waals surface area contributed by atoms with Gasteiger partial charge in [-0.1, -0.05) is 29.8 Å². The summed E-state index contributed by atoms with van der Waals surface area (Å²) in [6.07, 6.45) is 3.98. The van der Waals surface area contributed by atoms with Gasteiger partial charge in [0.15, 0.2) is 0 Å². The molecule has 0 bridgehead atoms. The highest BCUT2D eigenvalue weighted by molar-refractivity contribution is 6.30. The smallest absolute Gasteiger partial charge is 0.247 e. The number of halogens is 2. The highest BCUT2D eigenvalue weighted by Gasteiger charge is 2.30. The van der Waals surface area contributed by atoms with Crippen molar-refractivity contribution in [2.45, 2.75) is 18.9 Å². The van der Waals surface area contributed by atoms with Crippen molar-refractivity contribution in [3.8, 4) is 5.95 Å². The molecule has 0 aliphatic carbocycles. The van der Waals surface area contributed by atoms with Crippen LogP contribution in [0.3, 0.4) is 0 Å². The Morgan fingerprint density at radius 2 is 2.14 bits per heavy atom. The van der Waals surface area contributed by atoms with Crippen molar-refractivity contribution in [2.24, 2.45) is 0 Å². The molecule has 7 heteroatoms. The fourth-order valence-electron chi connectivity index (χ4n) is 2.70. The topological polar surface area (TPSA) is 48.5 Å². The van der Waals surface area contributed by atoms with E-state index < -0.39 is 0 Å². The van der Waals surface area contributed by atoms with Crippen molar-refractivity contribution in [1.82, 2.24) is 24.5 Å². The number of aryl methyl sites for hydroxylation is 1. The van der Waals surface area contributed by atoms with Gasteiger partial charge in [0.2, 0.25) is 0 Å². The maximum atomic E-state index is 14.0. The van der Waals surface area contributed by atoms with Crippen LogP contribution >= 0.6 is 11.6 Å². The Balaban J connectivity index is 1.75. The normalized spacial score (nSPS) is 17.1. The Bertz CT molecular complexity index is 809. The van der Waals surface area contributed by atoms with Gasteiger partial charge in [0.25, 0.3) is 5.95 Å². The van der Waals surface area contributed by atoms with E-state index in [1.807, 2.05) is 10.7 Å². The summed E-state index contributed by atoms with van der Waals surface area (Å²) in [5.74, 6) is 0.945. The van der Waals surface area contributed by atoms with E-state index >= 15 is 0 Å². The van der Waals surface area contributed by atoms with E-state index in [-0.39, 0.29) is 11.7 Å². The molecule has 3 heterocycles. The van der Waals surface area contributed by atoms with E-state index in [9.17, 15) is 4.39 Å². The van der Waals surface area contributed by atoms with Gasteiger partial charge >= 0.3 is 0 Å². The molecule has 0 unspecified atom stereocenters. The molecule has 1 aromatic carbocycles. The van der Waals surface area contributed by atoms with Crippen molar-refractivity contribution >= 4 is 11.6 Å². The summed E-state index contributed by atoms with van der Waals surface area (Å²) in [5, 5.41) is 9.01. The largest absolute Gasteiger partial charge is 0.269 e. The first-order valence-corrected chi connectivity index (χ1v) is 7.00. The average Bonchev–Trinajstić information content (AvgIpc) is 3.14. The van der Waals surface area contributed by atoms with Gasteiger partial charge in [-0.05, 0) is 18.1 Å². The molecule has 1 aliphatic rings. The molecular formula is C14H11ClFN5. The highest BCUT2D eigenvalue weighted by atomic mass is 35.5. The zero-order valence-corrected chi connectivity index (χ0v) is 11.7. The van der Waals surface area contributed by atoms with Crippen molar-refractivity contribution in [1.29, 1.82) is 0 Å². The summed E-state index contributed by atoms with van der Waals surface area (Å²) in [6, 6.07) is 6.80. The van der Waals surface area contributed by atoms with Gasteiger partial charge in [-0.2, -0.15) is 10.1 Å². The van der Waals surface area contributed by atoms with Gasteiger partial charge in [0.05, 0.1) is 17.4 Å². The Hall–Kier alpha value is -2.21. The second-order valence-electron chi connectivity index (χ2n) is 4.96. The lowest BCUT2D eigenvalue weighted by Gasteiger charge is -2.09. The van der Waals surface area contributed by atoms with Crippen molar-refractivity contribution in [3.05, 3.63) is 58.9 Å². The van der Waals surface area contributed by atoms with E-state index in [2.05, 4.69) is 15.2 Å². The SMILES string of the molecule is Fc1ccccc1[C@@H]1CCn2nc(-n3cc(Cl)cn3)nc21. The van der Waals surface area contributed by atoms with Gasteiger partial charge in [-0.25, -0.2) is 13.8 Å². The number of hydrogen-bond donors (Lipinski definition) is 0. The fraction of sp³-hybridized carbons (Fsp3) is 0.214. The third kappa shape index (κ3) is 2.03. The van der Waals surface area contributed by atoms with Crippen LogP contribution in [-0.4, -0.2) is 24.5 Å². The van der Waals surface area contributed by atoms with E-state index in [0.29, 0.717) is 16.5 Å². The molecule has 0 spiro atoms. The standard InChI is InChI=1S/C14H11ClFN5/c15-9-7-17-21(8-9)14-18-13-11(5-6-20(13)19-14)10-3-1-2-4-12(10)16/h1-4,7-8,11H,5-6H2/t11-/m0/s1. The lowest BCUT2D eigenvalue weighted by Crippen LogP contribution is -2.02. The molecule has 0 saturated heterocycles. The van der Waals surface area contributed by atoms with E-state index in [4.69, 9.17) is 11.6 Å². The zero-order valence-electron chi connectivity index (χ0n) is 10.9. The Kier molecular flexibility index (Phi) is 2.78. The summed E-state index contributed by atoms with van der Waals surface area (Å²) in [5.41, 5.74) is 0.661. The number of aromatic nitrogens is 5. The summed E-state index contributed by atoms with van der Waals surface area (Å²) >= 11 is 5.85. The quantitative estimate of drug-likeness (QED) is 0.731. The van der Waals surface area contributed by atoms with Crippen LogP contribution in [-0.2, 0) is 6.54 Å². The molecule has 0 saturated carbocycles. The predicted molar refractivity (Wildman–Crippen MR) is 75.0 cm³/mol. The molecule has 0 N–H and O–H groups in total. The van der Waals surface area contributed by atoms with Crippen LogP contribution in [0.25, 0.3) is 5.95 Å². The van der Waals surface area contributed by atoms with Gasteiger partial charge < -0.3 is 0 Å². The molecule has 0 radical (unpaired) electrons. The summed E-state index contributed by atoms with van der Waals surface area (Å²) in [7, 11) is 0. The molecule has 0 fully saturated rings.